The van der Waals surface area contributed by atoms with Gasteiger partial charge >= 0.3 is 5.97 Å². The molecule has 0 aliphatic rings. The summed E-state index contributed by atoms with van der Waals surface area (Å²) in [5.74, 6) is -0.0512. The molecule has 1 aromatic rings. The third kappa shape index (κ3) is 5.39. The van der Waals surface area contributed by atoms with E-state index in [1.165, 1.54) is 12.1 Å². The van der Waals surface area contributed by atoms with Crippen LogP contribution in [0.25, 0.3) is 0 Å². The molecule has 0 heterocycles. The highest BCUT2D eigenvalue weighted by Gasteiger charge is 2.16. The van der Waals surface area contributed by atoms with Gasteiger partial charge < -0.3 is 15.2 Å². The van der Waals surface area contributed by atoms with Gasteiger partial charge in [-0.25, -0.2) is 4.79 Å². The largest absolute Gasteiger partial charge is 0.489 e. The first-order valence-electron chi connectivity index (χ1n) is 7.54. The van der Waals surface area contributed by atoms with Crippen LogP contribution in [0.4, 0.5) is 5.69 Å². The molecule has 5 heteroatoms. The first-order chi connectivity index (χ1) is 10.2. The van der Waals surface area contributed by atoms with Gasteiger partial charge in [0, 0.05) is 6.42 Å². The molecule has 122 valence electrons. The Morgan fingerprint density at radius 2 is 1.82 bits per heavy atom. The standard InChI is InChI=1S/C17H25NO4/c1-10(2)12(5)8-16(19)18-14-9-13(17(20)21)6-7-15(14)22-11(3)4/h6-7,9-12H,8H2,1-5H3,(H,18,19)(H,20,21). The molecule has 0 radical (unpaired) electrons. The molecule has 0 aromatic heterocycles. The van der Waals surface area contributed by atoms with Crippen LogP contribution in [-0.2, 0) is 4.79 Å². The number of aromatic carboxylic acids is 1. The quantitative estimate of drug-likeness (QED) is 0.803. The lowest BCUT2D eigenvalue weighted by Gasteiger charge is -2.18. The molecule has 22 heavy (non-hydrogen) atoms. The predicted molar refractivity (Wildman–Crippen MR) is 86.4 cm³/mol. The molecule has 1 rings (SSSR count). The molecule has 1 atom stereocenters. The first-order valence-corrected chi connectivity index (χ1v) is 7.54. The summed E-state index contributed by atoms with van der Waals surface area (Å²) in [6, 6.07) is 4.47. The Morgan fingerprint density at radius 1 is 1.18 bits per heavy atom. The van der Waals surface area contributed by atoms with Gasteiger partial charge in [0.05, 0.1) is 17.4 Å². The fraction of sp³-hybridized carbons (Fsp3) is 0.529. The molecule has 0 aliphatic carbocycles. The molecule has 1 amide bonds. The van der Waals surface area contributed by atoms with Crippen LogP contribution >= 0.6 is 0 Å². The lowest BCUT2D eigenvalue weighted by Crippen LogP contribution is -2.19. The molecule has 2 N–H and O–H groups in total. The Hall–Kier alpha value is -2.04. The minimum atomic E-state index is -1.04. The zero-order valence-electron chi connectivity index (χ0n) is 13.8. The number of ether oxygens (including phenoxy) is 1. The number of carboxylic acids is 1. The third-order valence-electron chi connectivity index (χ3n) is 3.51. The van der Waals surface area contributed by atoms with Gasteiger partial charge in [-0.2, -0.15) is 0 Å². The number of amides is 1. The van der Waals surface area contributed by atoms with E-state index < -0.39 is 5.97 Å². The highest BCUT2D eigenvalue weighted by atomic mass is 16.5. The van der Waals surface area contributed by atoms with Crippen molar-refractivity contribution < 1.29 is 19.4 Å². The highest BCUT2D eigenvalue weighted by molar-refractivity contribution is 5.95. The van der Waals surface area contributed by atoms with Crippen molar-refractivity contribution in [2.45, 2.75) is 47.1 Å². The van der Waals surface area contributed by atoms with Crippen LogP contribution in [0.3, 0.4) is 0 Å². The van der Waals surface area contributed by atoms with Crippen LogP contribution in [0.15, 0.2) is 18.2 Å². The highest BCUT2D eigenvalue weighted by Crippen LogP contribution is 2.28. The first kappa shape index (κ1) is 18.0. The molecule has 0 aliphatic heterocycles. The van der Waals surface area contributed by atoms with Gasteiger partial charge in [-0.15, -0.1) is 0 Å². The number of hydrogen-bond acceptors (Lipinski definition) is 3. The molecule has 0 fully saturated rings. The number of hydrogen-bond donors (Lipinski definition) is 2. The predicted octanol–water partition coefficient (Wildman–Crippen LogP) is 3.79. The monoisotopic (exact) mass is 307 g/mol. The lowest BCUT2D eigenvalue weighted by molar-refractivity contribution is -0.117. The van der Waals surface area contributed by atoms with E-state index in [2.05, 4.69) is 19.2 Å². The molecule has 0 spiro atoms. The summed E-state index contributed by atoms with van der Waals surface area (Å²) >= 11 is 0. The Bertz CT molecular complexity index is 537. The summed E-state index contributed by atoms with van der Waals surface area (Å²) < 4.78 is 5.63. The van der Waals surface area contributed by atoms with Crippen molar-refractivity contribution in [1.29, 1.82) is 0 Å². The smallest absolute Gasteiger partial charge is 0.335 e. The molecule has 0 saturated carbocycles. The molecule has 1 unspecified atom stereocenters. The Balaban J connectivity index is 2.96. The average Bonchev–Trinajstić information content (AvgIpc) is 2.39. The van der Waals surface area contributed by atoms with Gasteiger partial charge in [0.25, 0.3) is 0 Å². The van der Waals surface area contributed by atoms with E-state index >= 15 is 0 Å². The number of carbonyl (C=O) groups excluding carboxylic acids is 1. The van der Waals surface area contributed by atoms with Crippen LogP contribution in [0.2, 0.25) is 0 Å². The van der Waals surface area contributed by atoms with E-state index in [9.17, 15) is 9.59 Å². The van der Waals surface area contributed by atoms with E-state index in [4.69, 9.17) is 9.84 Å². The number of carbonyl (C=O) groups is 2. The van der Waals surface area contributed by atoms with Crippen molar-refractivity contribution in [3.05, 3.63) is 23.8 Å². The number of anilines is 1. The van der Waals surface area contributed by atoms with Crippen LogP contribution in [0.1, 0.15) is 51.4 Å². The zero-order valence-corrected chi connectivity index (χ0v) is 13.8. The van der Waals surface area contributed by atoms with Gasteiger partial charge in [0.1, 0.15) is 5.75 Å². The lowest BCUT2D eigenvalue weighted by atomic mass is 9.94. The normalized spacial score (nSPS) is 12.3. The summed E-state index contributed by atoms with van der Waals surface area (Å²) in [4.78, 5) is 23.2. The van der Waals surface area contributed by atoms with Gasteiger partial charge in [0.15, 0.2) is 0 Å². The topological polar surface area (TPSA) is 75.6 Å². The molecule has 5 nitrogen and oxygen atoms in total. The number of benzene rings is 1. The summed E-state index contributed by atoms with van der Waals surface area (Å²) in [6.07, 6.45) is 0.316. The fourth-order valence-electron chi connectivity index (χ4n) is 1.85. The summed E-state index contributed by atoms with van der Waals surface area (Å²) in [5.41, 5.74) is 0.512. The van der Waals surface area contributed by atoms with Gasteiger partial charge in [-0.1, -0.05) is 20.8 Å². The van der Waals surface area contributed by atoms with E-state index in [1.54, 1.807) is 6.07 Å². The maximum atomic E-state index is 12.1. The second-order valence-corrected chi connectivity index (χ2v) is 6.16. The minimum Gasteiger partial charge on any atom is -0.489 e. The SMILES string of the molecule is CC(C)Oc1ccc(C(=O)O)cc1NC(=O)CC(C)C(C)C. The average molecular weight is 307 g/mol. The Labute approximate surface area is 131 Å². The van der Waals surface area contributed by atoms with E-state index in [1.807, 2.05) is 20.8 Å². The number of nitrogens with one attached hydrogen (secondary N) is 1. The third-order valence-corrected chi connectivity index (χ3v) is 3.51. The van der Waals surface area contributed by atoms with Crippen LogP contribution in [-0.4, -0.2) is 23.1 Å². The van der Waals surface area contributed by atoms with Crippen LogP contribution in [0, 0.1) is 11.8 Å². The second kappa shape index (κ2) is 7.82. The molecular weight excluding hydrogens is 282 g/mol. The maximum Gasteiger partial charge on any atom is 0.335 e. The second-order valence-electron chi connectivity index (χ2n) is 6.16. The molecule has 0 saturated heterocycles. The van der Waals surface area contributed by atoms with Crippen molar-refractivity contribution in [2.24, 2.45) is 11.8 Å². The van der Waals surface area contributed by atoms with E-state index in [0.717, 1.165) is 0 Å². The maximum absolute atomic E-state index is 12.1. The van der Waals surface area contributed by atoms with Crippen molar-refractivity contribution in [2.75, 3.05) is 5.32 Å². The minimum absolute atomic E-state index is 0.0686. The summed E-state index contributed by atoms with van der Waals surface area (Å²) in [5, 5.41) is 11.9. The summed E-state index contributed by atoms with van der Waals surface area (Å²) in [7, 11) is 0. The van der Waals surface area contributed by atoms with Crippen LogP contribution < -0.4 is 10.1 Å². The fourth-order valence-corrected chi connectivity index (χ4v) is 1.85. The van der Waals surface area contributed by atoms with Crippen molar-refractivity contribution in [1.82, 2.24) is 0 Å². The van der Waals surface area contributed by atoms with Crippen LogP contribution in [0.5, 0.6) is 5.75 Å². The molecule has 1 aromatic carbocycles. The number of carboxylic acid groups (broad SMARTS) is 1. The molecule has 0 bridgehead atoms. The van der Waals surface area contributed by atoms with Gasteiger partial charge in [-0.05, 0) is 43.9 Å². The van der Waals surface area contributed by atoms with Gasteiger partial charge in [0.2, 0.25) is 5.91 Å². The Kier molecular flexibility index (Phi) is 6.40. The van der Waals surface area contributed by atoms with E-state index in [-0.39, 0.29) is 23.5 Å². The number of rotatable bonds is 7. The van der Waals surface area contributed by atoms with E-state index in [0.29, 0.717) is 23.8 Å². The Morgan fingerprint density at radius 3 is 2.32 bits per heavy atom. The van der Waals surface area contributed by atoms with Crippen molar-refractivity contribution in [3.63, 3.8) is 0 Å². The van der Waals surface area contributed by atoms with Crippen molar-refractivity contribution in [3.8, 4) is 5.75 Å². The summed E-state index contributed by atoms with van der Waals surface area (Å²) in [6.45, 7) is 9.89. The zero-order chi connectivity index (χ0) is 16.9. The van der Waals surface area contributed by atoms with Crippen molar-refractivity contribution >= 4 is 17.6 Å². The molecular formula is C17H25NO4. The van der Waals surface area contributed by atoms with Gasteiger partial charge in [-0.3, -0.25) is 4.79 Å².